The minimum Gasteiger partial charge on any atom is -0.549 e. The number of aliphatic carboxylic acids is 1. The molecule has 5 heteroatoms. The molecule has 0 heterocycles. The third-order valence-corrected chi connectivity index (χ3v) is 3.63. The number of esters is 1. The molecule has 0 aromatic heterocycles. The van der Waals surface area contributed by atoms with Crippen LogP contribution >= 0.6 is 0 Å². The number of hydrogen-bond acceptors (Lipinski definition) is 4. The van der Waals surface area contributed by atoms with Gasteiger partial charge >= 0.3 is 57.4 Å². The molecule has 0 spiro atoms. The van der Waals surface area contributed by atoms with Crippen molar-refractivity contribution in [1.82, 2.24) is 0 Å². The Hall–Kier alpha value is -0.204. The third kappa shape index (κ3) is 2.95. The van der Waals surface area contributed by atoms with E-state index in [-0.39, 0.29) is 70.3 Å². The Kier molecular flexibility index (Phi) is 6.20. The smallest absolute Gasteiger partial charge is 0.549 e. The van der Waals surface area contributed by atoms with E-state index in [1.807, 2.05) is 30.3 Å². The number of rotatable bonds is 4. The minimum absolute atomic E-state index is 0. The van der Waals surface area contributed by atoms with Crippen molar-refractivity contribution in [2.75, 3.05) is 6.61 Å². The summed E-state index contributed by atoms with van der Waals surface area (Å²) in [4.78, 5) is 23.3. The molecule has 4 nitrogen and oxygen atoms in total. The van der Waals surface area contributed by atoms with Gasteiger partial charge in [0.15, 0.2) is 0 Å². The van der Waals surface area contributed by atoms with Crippen LogP contribution in [0.1, 0.15) is 31.2 Å². The van der Waals surface area contributed by atoms with Gasteiger partial charge in [0, 0.05) is 5.92 Å². The summed E-state index contributed by atoms with van der Waals surface area (Å²) in [6.45, 7) is 1.84. The summed E-state index contributed by atoms with van der Waals surface area (Å²) in [5.41, 5.74) is -0.654. The zero-order chi connectivity index (χ0) is 13.2. The van der Waals surface area contributed by atoms with Crippen molar-refractivity contribution in [3.8, 4) is 0 Å². The molecule has 2 unspecified atom stereocenters. The predicted octanol–water partition coefficient (Wildman–Crippen LogP) is -2.13. The Morgan fingerprint density at radius 2 is 2.00 bits per heavy atom. The van der Waals surface area contributed by atoms with E-state index in [1.165, 1.54) is 0 Å². The maximum absolute atomic E-state index is 11.9. The first-order valence-electron chi connectivity index (χ1n) is 6.06. The average molecular weight is 286 g/mol. The molecule has 0 radical (unpaired) electrons. The van der Waals surface area contributed by atoms with E-state index in [0.717, 1.165) is 5.56 Å². The average Bonchev–Trinajstić information content (AvgIpc) is 2.29. The first-order valence-corrected chi connectivity index (χ1v) is 6.06. The van der Waals surface area contributed by atoms with Crippen LogP contribution in [-0.4, -0.2) is 18.5 Å². The summed E-state index contributed by atoms with van der Waals surface area (Å²) in [7, 11) is 0. The number of carboxylic acids is 1. The maximum atomic E-state index is 11.9. The predicted molar refractivity (Wildman–Crippen MR) is 62.5 cm³/mol. The van der Waals surface area contributed by atoms with Gasteiger partial charge < -0.3 is 14.6 Å². The van der Waals surface area contributed by atoms with Crippen LogP contribution < -0.4 is 56.5 Å². The molecular formula is C14H15KO4. The van der Waals surface area contributed by atoms with Crippen LogP contribution in [0.3, 0.4) is 0 Å². The van der Waals surface area contributed by atoms with Gasteiger partial charge in [0.1, 0.15) is 5.41 Å². The Bertz CT molecular complexity index is 460. The van der Waals surface area contributed by atoms with E-state index in [2.05, 4.69) is 0 Å². The minimum atomic E-state index is -1.50. The number of carbonyl (C=O) groups is 2. The van der Waals surface area contributed by atoms with Crippen molar-refractivity contribution in [3.05, 3.63) is 35.9 Å². The molecule has 2 rings (SSSR count). The molecule has 1 aliphatic carbocycles. The van der Waals surface area contributed by atoms with Crippen LogP contribution in [0, 0.1) is 5.41 Å². The molecule has 0 bridgehead atoms. The molecule has 0 saturated heterocycles. The van der Waals surface area contributed by atoms with Crippen molar-refractivity contribution in [3.63, 3.8) is 0 Å². The van der Waals surface area contributed by atoms with Crippen molar-refractivity contribution >= 4 is 11.9 Å². The fraction of sp³-hybridized carbons (Fsp3) is 0.429. The van der Waals surface area contributed by atoms with E-state index in [4.69, 9.17) is 4.74 Å². The van der Waals surface area contributed by atoms with Crippen molar-refractivity contribution in [2.45, 2.75) is 25.7 Å². The summed E-state index contributed by atoms with van der Waals surface area (Å²) in [5, 5.41) is 11.4. The molecule has 0 N–H and O–H groups in total. The van der Waals surface area contributed by atoms with E-state index >= 15 is 0 Å². The van der Waals surface area contributed by atoms with E-state index in [0.29, 0.717) is 6.42 Å². The first-order chi connectivity index (χ1) is 8.63. The molecule has 0 amide bonds. The zero-order valence-electron chi connectivity index (χ0n) is 11.2. The van der Waals surface area contributed by atoms with Gasteiger partial charge in [-0.25, -0.2) is 0 Å². The summed E-state index contributed by atoms with van der Waals surface area (Å²) in [5.74, 6) is -2.35. The Morgan fingerprint density at radius 3 is 2.42 bits per heavy atom. The first kappa shape index (κ1) is 16.8. The second kappa shape index (κ2) is 6.99. The van der Waals surface area contributed by atoms with Gasteiger partial charge in [-0.3, -0.25) is 4.79 Å². The van der Waals surface area contributed by atoms with Gasteiger partial charge in [-0.1, -0.05) is 30.3 Å². The molecule has 19 heavy (non-hydrogen) atoms. The molecule has 1 saturated carbocycles. The standard InChI is InChI=1S/C14H16O4.K/c1-2-18-13(17)14(12(15)16)9-8-11(14)10-6-4-3-5-7-10;/h3-7,11H,2,8-9H2,1H3,(H,15,16);/q;+1/p-1. The van der Waals surface area contributed by atoms with Gasteiger partial charge in [0.2, 0.25) is 0 Å². The molecule has 96 valence electrons. The fourth-order valence-corrected chi connectivity index (χ4v) is 2.55. The Morgan fingerprint density at radius 1 is 1.37 bits per heavy atom. The molecule has 0 aliphatic heterocycles. The molecule has 1 fully saturated rings. The quantitative estimate of drug-likeness (QED) is 0.360. The molecule has 1 aromatic carbocycles. The van der Waals surface area contributed by atoms with Crippen molar-refractivity contribution in [1.29, 1.82) is 0 Å². The van der Waals surface area contributed by atoms with E-state index in [1.54, 1.807) is 6.92 Å². The fourth-order valence-electron chi connectivity index (χ4n) is 2.55. The third-order valence-electron chi connectivity index (χ3n) is 3.63. The number of hydrogen-bond donors (Lipinski definition) is 0. The number of carbonyl (C=O) groups excluding carboxylic acids is 2. The summed E-state index contributed by atoms with van der Waals surface area (Å²) >= 11 is 0. The van der Waals surface area contributed by atoms with Crippen LogP contribution in [0.4, 0.5) is 0 Å². The summed E-state index contributed by atoms with van der Waals surface area (Å²) in [6.07, 6.45) is 0.949. The van der Waals surface area contributed by atoms with E-state index < -0.39 is 17.4 Å². The van der Waals surface area contributed by atoms with Crippen molar-refractivity contribution in [2.24, 2.45) is 5.41 Å². The monoisotopic (exact) mass is 286 g/mol. The van der Waals surface area contributed by atoms with Crippen LogP contribution in [0.15, 0.2) is 30.3 Å². The molecule has 1 aliphatic rings. The van der Waals surface area contributed by atoms with Gasteiger partial charge in [-0.15, -0.1) is 0 Å². The normalized spacial score (nSPS) is 24.8. The van der Waals surface area contributed by atoms with Gasteiger partial charge in [0.05, 0.1) is 12.6 Å². The zero-order valence-corrected chi connectivity index (χ0v) is 14.3. The van der Waals surface area contributed by atoms with Crippen LogP contribution in [0.2, 0.25) is 0 Å². The Labute approximate surface area is 154 Å². The summed E-state index contributed by atoms with van der Waals surface area (Å²) in [6, 6.07) is 9.19. The molecule has 2 atom stereocenters. The van der Waals surface area contributed by atoms with Gasteiger partial charge in [-0.2, -0.15) is 0 Å². The number of ether oxygens (including phenoxy) is 1. The number of carboxylic acid groups (broad SMARTS) is 1. The topological polar surface area (TPSA) is 66.4 Å². The SMILES string of the molecule is CCOC(=O)C1(C(=O)[O-])CCC1c1ccccc1.[K+]. The maximum Gasteiger partial charge on any atom is 1.00 e. The molecule has 1 aromatic rings. The summed E-state index contributed by atoms with van der Waals surface area (Å²) < 4.78 is 4.90. The van der Waals surface area contributed by atoms with Gasteiger partial charge in [0.25, 0.3) is 0 Å². The Balaban J connectivity index is 0.00000180. The largest absolute Gasteiger partial charge is 1.00 e. The molecular weight excluding hydrogens is 271 g/mol. The van der Waals surface area contributed by atoms with Crippen LogP contribution in [0.5, 0.6) is 0 Å². The number of benzene rings is 1. The second-order valence-corrected chi connectivity index (χ2v) is 4.48. The van der Waals surface area contributed by atoms with Crippen molar-refractivity contribution < 1.29 is 70.8 Å². The van der Waals surface area contributed by atoms with Crippen LogP contribution in [-0.2, 0) is 14.3 Å². The van der Waals surface area contributed by atoms with Crippen LogP contribution in [0.25, 0.3) is 0 Å². The van der Waals surface area contributed by atoms with E-state index in [9.17, 15) is 14.7 Å². The van der Waals surface area contributed by atoms with Gasteiger partial charge in [-0.05, 0) is 25.3 Å². The second-order valence-electron chi connectivity index (χ2n) is 4.48.